The first-order valence-electron chi connectivity index (χ1n) is 9.09. The Morgan fingerprint density at radius 2 is 2.07 bits per heavy atom. The molecular weight excluding hydrogens is 442 g/mol. The summed E-state index contributed by atoms with van der Waals surface area (Å²) in [6, 6.07) is 11.0. The molecule has 3 heterocycles. The SMILES string of the molecule is Cc1c(C(=O)CN2CCC(F)(F)C2)c2ncc(Br)cc2n1-c1ccc(C#N)cc1. The van der Waals surface area contributed by atoms with Gasteiger partial charge < -0.3 is 4.57 Å². The second kappa shape index (κ2) is 7.32. The normalized spacial score (nSPS) is 16.2. The maximum absolute atomic E-state index is 13.5. The molecule has 148 valence electrons. The van der Waals surface area contributed by atoms with Gasteiger partial charge in [0.25, 0.3) is 5.92 Å². The molecule has 0 saturated carbocycles. The predicted molar refractivity (Wildman–Crippen MR) is 109 cm³/mol. The summed E-state index contributed by atoms with van der Waals surface area (Å²) in [6.07, 6.45) is 1.39. The number of carbonyl (C=O) groups is 1. The number of Topliss-reactive ketones (excluding diaryl/α,β-unsaturated/α-hetero) is 1. The van der Waals surface area contributed by atoms with E-state index in [0.29, 0.717) is 22.3 Å². The van der Waals surface area contributed by atoms with Crippen molar-refractivity contribution in [3.05, 3.63) is 57.8 Å². The summed E-state index contributed by atoms with van der Waals surface area (Å²) in [6.45, 7) is 1.55. The van der Waals surface area contributed by atoms with Crippen LogP contribution in [0.2, 0.25) is 0 Å². The maximum Gasteiger partial charge on any atom is 0.261 e. The van der Waals surface area contributed by atoms with Crippen molar-refractivity contribution in [2.45, 2.75) is 19.3 Å². The van der Waals surface area contributed by atoms with Crippen LogP contribution < -0.4 is 0 Å². The average Bonchev–Trinajstić information content (AvgIpc) is 3.16. The fourth-order valence-electron chi connectivity index (χ4n) is 3.83. The number of alkyl halides is 2. The monoisotopic (exact) mass is 458 g/mol. The Morgan fingerprint density at radius 1 is 1.34 bits per heavy atom. The van der Waals surface area contributed by atoms with Gasteiger partial charge in [-0.15, -0.1) is 0 Å². The topological polar surface area (TPSA) is 61.9 Å². The quantitative estimate of drug-likeness (QED) is 0.540. The van der Waals surface area contributed by atoms with Gasteiger partial charge in [0, 0.05) is 35.0 Å². The Hall–Kier alpha value is -2.63. The number of halogens is 3. The van der Waals surface area contributed by atoms with Gasteiger partial charge in [-0.05, 0) is 53.2 Å². The predicted octanol–water partition coefficient (Wildman–Crippen LogP) is 4.49. The highest BCUT2D eigenvalue weighted by Gasteiger charge is 2.39. The van der Waals surface area contributed by atoms with Crippen molar-refractivity contribution in [2.24, 2.45) is 0 Å². The fraction of sp³-hybridized carbons (Fsp3) is 0.286. The van der Waals surface area contributed by atoms with E-state index in [-0.39, 0.29) is 25.3 Å². The lowest BCUT2D eigenvalue weighted by Gasteiger charge is -2.14. The number of hydrogen-bond acceptors (Lipinski definition) is 4. The third kappa shape index (κ3) is 3.68. The number of aromatic nitrogens is 2. The minimum Gasteiger partial charge on any atom is -0.311 e. The third-order valence-electron chi connectivity index (χ3n) is 5.16. The number of carbonyl (C=O) groups excluding carboxylic acids is 1. The summed E-state index contributed by atoms with van der Waals surface area (Å²) >= 11 is 3.42. The van der Waals surface area contributed by atoms with Crippen LogP contribution in [0.25, 0.3) is 16.7 Å². The van der Waals surface area contributed by atoms with E-state index in [1.54, 1.807) is 30.5 Å². The summed E-state index contributed by atoms with van der Waals surface area (Å²) in [4.78, 5) is 19.0. The molecule has 1 aliphatic rings. The van der Waals surface area contributed by atoms with Crippen molar-refractivity contribution in [3.63, 3.8) is 0 Å². The second-order valence-corrected chi connectivity index (χ2v) is 8.13. The van der Waals surface area contributed by atoms with Crippen molar-refractivity contribution in [3.8, 4) is 11.8 Å². The summed E-state index contributed by atoms with van der Waals surface area (Å²) in [5.41, 5.74) is 3.72. The van der Waals surface area contributed by atoms with E-state index in [1.165, 1.54) is 4.90 Å². The van der Waals surface area contributed by atoms with Gasteiger partial charge in [-0.3, -0.25) is 14.7 Å². The van der Waals surface area contributed by atoms with Gasteiger partial charge in [0.05, 0.1) is 41.3 Å². The molecule has 1 aliphatic heterocycles. The van der Waals surface area contributed by atoms with Crippen LogP contribution in [-0.2, 0) is 0 Å². The molecule has 8 heteroatoms. The van der Waals surface area contributed by atoms with E-state index in [9.17, 15) is 13.6 Å². The van der Waals surface area contributed by atoms with E-state index < -0.39 is 12.5 Å². The average molecular weight is 459 g/mol. The molecule has 1 fully saturated rings. The van der Waals surface area contributed by atoms with E-state index in [2.05, 4.69) is 27.0 Å². The first-order chi connectivity index (χ1) is 13.8. The Labute approximate surface area is 174 Å². The molecule has 0 bridgehead atoms. The van der Waals surface area contributed by atoms with Gasteiger partial charge in [0.1, 0.15) is 0 Å². The number of likely N-dealkylation sites (tertiary alicyclic amines) is 1. The molecule has 4 rings (SSSR count). The molecule has 29 heavy (non-hydrogen) atoms. The number of benzene rings is 1. The van der Waals surface area contributed by atoms with Crippen LogP contribution in [0.4, 0.5) is 8.78 Å². The Morgan fingerprint density at radius 3 is 2.69 bits per heavy atom. The maximum atomic E-state index is 13.5. The molecule has 1 aromatic carbocycles. The smallest absolute Gasteiger partial charge is 0.261 e. The van der Waals surface area contributed by atoms with Crippen molar-refractivity contribution < 1.29 is 13.6 Å². The summed E-state index contributed by atoms with van der Waals surface area (Å²) in [5.74, 6) is -2.97. The Balaban J connectivity index is 1.79. The Bertz CT molecular complexity index is 1150. The number of nitrogens with zero attached hydrogens (tertiary/aromatic N) is 4. The minimum absolute atomic E-state index is 0.0688. The first kappa shape index (κ1) is 19.7. The van der Waals surface area contributed by atoms with E-state index in [0.717, 1.165) is 15.7 Å². The molecule has 1 saturated heterocycles. The molecule has 0 spiro atoms. The third-order valence-corrected chi connectivity index (χ3v) is 5.59. The lowest BCUT2D eigenvalue weighted by molar-refractivity contribution is 0.0127. The van der Waals surface area contributed by atoms with E-state index in [1.807, 2.05) is 17.6 Å². The van der Waals surface area contributed by atoms with Crippen molar-refractivity contribution in [1.82, 2.24) is 14.5 Å². The van der Waals surface area contributed by atoms with Crippen LogP contribution in [0.5, 0.6) is 0 Å². The highest BCUT2D eigenvalue weighted by Crippen LogP contribution is 2.31. The number of pyridine rings is 1. The molecule has 0 atom stereocenters. The molecule has 0 amide bonds. The zero-order valence-corrected chi connectivity index (χ0v) is 17.2. The van der Waals surface area contributed by atoms with E-state index in [4.69, 9.17) is 5.26 Å². The highest BCUT2D eigenvalue weighted by atomic mass is 79.9. The van der Waals surface area contributed by atoms with Crippen molar-refractivity contribution >= 4 is 32.7 Å². The number of nitriles is 1. The number of fused-ring (bicyclic) bond motifs is 1. The van der Waals surface area contributed by atoms with E-state index >= 15 is 0 Å². The lowest BCUT2D eigenvalue weighted by Crippen LogP contribution is -2.30. The zero-order valence-electron chi connectivity index (χ0n) is 15.6. The van der Waals surface area contributed by atoms with Crippen LogP contribution in [0.3, 0.4) is 0 Å². The molecule has 0 aliphatic carbocycles. The standard InChI is InChI=1S/C21H17BrF2N4O/c1-13-19(18(29)11-27-7-6-21(23,24)12-27)20-17(8-15(22)10-26-20)28(13)16-4-2-14(9-25)3-5-16/h2-5,8,10H,6-7,11-12H2,1H3. The van der Waals surface area contributed by atoms with Gasteiger partial charge in [-0.1, -0.05) is 0 Å². The number of hydrogen-bond donors (Lipinski definition) is 0. The van der Waals surface area contributed by atoms with Gasteiger partial charge >= 0.3 is 0 Å². The van der Waals surface area contributed by atoms with Crippen LogP contribution >= 0.6 is 15.9 Å². The largest absolute Gasteiger partial charge is 0.311 e. The van der Waals surface area contributed by atoms with Gasteiger partial charge in [-0.25, -0.2) is 8.78 Å². The highest BCUT2D eigenvalue weighted by molar-refractivity contribution is 9.10. The molecule has 0 radical (unpaired) electrons. The van der Waals surface area contributed by atoms with Crippen LogP contribution in [0.1, 0.15) is 28.0 Å². The number of ketones is 1. The molecule has 2 aromatic heterocycles. The lowest BCUT2D eigenvalue weighted by atomic mass is 10.1. The van der Waals surface area contributed by atoms with Crippen molar-refractivity contribution in [1.29, 1.82) is 5.26 Å². The first-order valence-corrected chi connectivity index (χ1v) is 9.89. The minimum atomic E-state index is -2.74. The summed E-state index contributed by atoms with van der Waals surface area (Å²) in [5, 5.41) is 9.04. The van der Waals surface area contributed by atoms with Crippen LogP contribution in [-0.4, -0.2) is 45.8 Å². The fourth-order valence-corrected chi connectivity index (χ4v) is 4.15. The Kier molecular flexibility index (Phi) is 4.97. The molecule has 0 unspecified atom stereocenters. The molecule has 0 N–H and O–H groups in total. The molecule has 5 nitrogen and oxygen atoms in total. The second-order valence-electron chi connectivity index (χ2n) is 7.22. The van der Waals surface area contributed by atoms with Crippen LogP contribution in [0.15, 0.2) is 41.0 Å². The van der Waals surface area contributed by atoms with Gasteiger partial charge in [0.15, 0.2) is 5.78 Å². The van der Waals surface area contributed by atoms with Gasteiger partial charge in [-0.2, -0.15) is 5.26 Å². The summed E-state index contributed by atoms with van der Waals surface area (Å²) in [7, 11) is 0. The van der Waals surface area contributed by atoms with Gasteiger partial charge in [0.2, 0.25) is 0 Å². The number of rotatable bonds is 4. The van der Waals surface area contributed by atoms with Crippen LogP contribution in [0, 0.1) is 18.3 Å². The molecular formula is C21H17BrF2N4O. The zero-order chi connectivity index (χ0) is 20.8. The molecule has 3 aromatic rings. The summed E-state index contributed by atoms with van der Waals surface area (Å²) < 4.78 is 29.7. The van der Waals surface area contributed by atoms with Crippen molar-refractivity contribution in [2.75, 3.05) is 19.6 Å².